The summed E-state index contributed by atoms with van der Waals surface area (Å²) in [4.78, 5) is 29.8. The van der Waals surface area contributed by atoms with E-state index >= 15 is 0 Å². The van der Waals surface area contributed by atoms with E-state index in [1.54, 1.807) is 42.5 Å². The molecule has 0 spiro atoms. The normalized spacial score (nSPS) is 12.0. The highest BCUT2D eigenvalue weighted by atomic mass is 32.2. The largest absolute Gasteiger partial charge is 0.354 e. The van der Waals surface area contributed by atoms with E-state index in [9.17, 15) is 22.4 Å². The maximum absolute atomic E-state index is 14.5. The summed E-state index contributed by atoms with van der Waals surface area (Å²) in [5.74, 6) is -1.17. The number of benzene rings is 4. The SMILES string of the molecule is CCc1ccccc1N(CC(=O)N(Cc1ccc(F)cc1)[C@H](Cc1ccccc1)C(=O)NCC(C)C)S(=O)(=O)c1ccccc1. The molecule has 1 N–H and O–H groups in total. The van der Waals surface area contributed by atoms with E-state index in [0.717, 1.165) is 15.4 Å². The van der Waals surface area contributed by atoms with E-state index in [1.165, 1.54) is 29.2 Å². The molecule has 7 nitrogen and oxygen atoms in total. The monoisotopic (exact) mass is 629 g/mol. The number of aryl methyl sites for hydroxylation is 1. The molecule has 0 aromatic heterocycles. The predicted octanol–water partition coefficient (Wildman–Crippen LogP) is 6.00. The van der Waals surface area contributed by atoms with Crippen molar-refractivity contribution < 1.29 is 22.4 Å². The van der Waals surface area contributed by atoms with Gasteiger partial charge in [0, 0.05) is 19.5 Å². The van der Waals surface area contributed by atoms with Crippen LogP contribution in [0.3, 0.4) is 0 Å². The summed E-state index contributed by atoms with van der Waals surface area (Å²) in [6.07, 6.45) is 0.743. The average Bonchev–Trinajstić information content (AvgIpc) is 3.05. The predicted molar refractivity (Wildman–Crippen MR) is 176 cm³/mol. The van der Waals surface area contributed by atoms with Crippen molar-refractivity contribution in [2.24, 2.45) is 5.92 Å². The van der Waals surface area contributed by atoms with Crippen molar-refractivity contribution in [3.63, 3.8) is 0 Å². The van der Waals surface area contributed by atoms with E-state index in [4.69, 9.17) is 0 Å². The number of halogens is 1. The summed E-state index contributed by atoms with van der Waals surface area (Å²) in [7, 11) is -4.18. The van der Waals surface area contributed by atoms with Crippen LogP contribution in [0.1, 0.15) is 37.5 Å². The Balaban J connectivity index is 1.81. The molecule has 0 aliphatic rings. The first-order valence-electron chi connectivity index (χ1n) is 15.1. The van der Waals surface area contributed by atoms with Crippen LogP contribution in [0.2, 0.25) is 0 Å². The van der Waals surface area contributed by atoms with Crippen LogP contribution >= 0.6 is 0 Å². The van der Waals surface area contributed by atoms with Gasteiger partial charge in [-0.25, -0.2) is 12.8 Å². The Morgan fingerprint density at radius 1 is 0.800 bits per heavy atom. The Labute approximate surface area is 265 Å². The van der Waals surface area contributed by atoms with Gasteiger partial charge in [-0.3, -0.25) is 13.9 Å². The van der Waals surface area contributed by atoms with E-state index in [0.29, 0.717) is 24.2 Å². The molecular formula is C36H40FN3O4S. The van der Waals surface area contributed by atoms with Gasteiger partial charge in [-0.1, -0.05) is 99.6 Å². The van der Waals surface area contributed by atoms with Crippen LogP contribution < -0.4 is 9.62 Å². The number of nitrogens with zero attached hydrogens (tertiary/aromatic N) is 2. The summed E-state index contributed by atoms with van der Waals surface area (Å²) >= 11 is 0. The molecule has 0 fully saturated rings. The van der Waals surface area contributed by atoms with E-state index < -0.39 is 34.3 Å². The highest BCUT2D eigenvalue weighted by molar-refractivity contribution is 7.92. The van der Waals surface area contributed by atoms with Crippen molar-refractivity contribution in [1.82, 2.24) is 10.2 Å². The maximum Gasteiger partial charge on any atom is 0.264 e. The number of hydrogen-bond donors (Lipinski definition) is 1. The standard InChI is InChI=1S/C36H40FN3O4S/c1-4-30-15-11-12-18-33(30)40(45(43,44)32-16-9-6-10-17-32)26-35(41)39(25-29-19-21-31(37)22-20-29)34(36(42)38-24-27(2)3)23-28-13-7-5-8-14-28/h5-22,27,34H,4,23-26H2,1-3H3,(H,38,42)/t34-/m1/s1. The summed E-state index contributed by atoms with van der Waals surface area (Å²) in [5, 5.41) is 2.97. The number of para-hydroxylation sites is 1. The van der Waals surface area contributed by atoms with Crippen LogP contribution in [0.25, 0.3) is 0 Å². The second-order valence-electron chi connectivity index (χ2n) is 11.3. The van der Waals surface area contributed by atoms with Gasteiger partial charge in [0.05, 0.1) is 10.6 Å². The Bertz CT molecular complexity index is 1660. The number of carbonyl (C=O) groups excluding carboxylic acids is 2. The fraction of sp³-hybridized carbons (Fsp3) is 0.278. The van der Waals surface area contributed by atoms with E-state index in [2.05, 4.69) is 5.32 Å². The highest BCUT2D eigenvalue weighted by Gasteiger charge is 2.35. The summed E-state index contributed by atoms with van der Waals surface area (Å²) in [6.45, 7) is 5.71. The van der Waals surface area contributed by atoms with Crippen molar-refractivity contribution in [2.45, 2.75) is 51.1 Å². The lowest BCUT2D eigenvalue weighted by atomic mass is 10.0. The zero-order chi connectivity index (χ0) is 32.4. The zero-order valence-electron chi connectivity index (χ0n) is 25.9. The lowest BCUT2D eigenvalue weighted by molar-refractivity contribution is -0.140. The van der Waals surface area contributed by atoms with Gasteiger partial charge in [0.1, 0.15) is 18.4 Å². The highest BCUT2D eigenvalue weighted by Crippen LogP contribution is 2.28. The molecule has 4 aromatic rings. The van der Waals surface area contributed by atoms with Crippen LogP contribution in [-0.4, -0.2) is 44.3 Å². The Morgan fingerprint density at radius 3 is 2.02 bits per heavy atom. The van der Waals surface area contributed by atoms with Gasteiger partial charge >= 0.3 is 0 Å². The van der Waals surface area contributed by atoms with Crippen LogP contribution in [0.4, 0.5) is 10.1 Å². The lowest BCUT2D eigenvalue weighted by Crippen LogP contribution is -2.53. The Hall–Kier alpha value is -4.50. The summed E-state index contributed by atoms with van der Waals surface area (Å²) in [5.41, 5.74) is 2.59. The Kier molecular flexibility index (Phi) is 11.5. The van der Waals surface area contributed by atoms with Gasteiger partial charge in [0.2, 0.25) is 11.8 Å². The first-order chi connectivity index (χ1) is 21.6. The molecular weight excluding hydrogens is 589 g/mol. The van der Waals surface area contributed by atoms with E-state index in [-0.39, 0.29) is 29.7 Å². The van der Waals surface area contributed by atoms with E-state index in [1.807, 2.05) is 63.2 Å². The molecule has 4 rings (SSSR count). The average molecular weight is 630 g/mol. The van der Waals surface area contributed by atoms with Gasteiger partial charge < -0.3 is 10.2 Å². The third kappa shape index (κ3) is 8.79. The molecule has 45 heavy (non-hydrogen) atoms. The minimum atomic E-state index is -4.18. The van der Waals surface area contributed by atoms with Crippen LogP contribution in [0.15, 0.2) is 114 Å². The van der Waals surface area contributed by atoms with Crippen molar-refractivity contribution >= 4 is 27.5 Å². The topological polar surface area (TPSA) is 86.8 Å². The first-order valence-corrected chi connectivity index (χ1v) is 16.6. The van der Waals surface area contributed by atoms with Crippen molar-refractivity contribution in [1.29, 1.82) is 0 Å². The number of rotatable bonds is 14. The van der Waals surface area contributed by atoms with Gasteiger partial charge in [-0.2, -0.15) is 0 Å². The second kappa shape index (κ2) is 15.5. The van der Waals surface area contributed by atoms with Gasteiger partial charge in [-0.05, 0) is 59.4 Å². The van der Waals surface area contributed by atoms with Crippen molar-refractivity contribution in [3.05, 3.63) is 132 Å². The summed E-state index contributed by atoms with van der Waals surface area (Å²) in [6, 6.07) is 29.2. The number of anilines is 1. The molecule has 0 saturated heterocycles. The van der Waals surface area contributed by atoms with Gasteiger partial charge in [0.25, 0.3) is 10.0 Å². The minimum Gasteiger partial charge on any atom is -0.354 e. The molecule has 4 aromatic carbocycles. The molecule has 0 aliphatic carbocycles. The Morgan fingerprint density at radius 2 is 1.40 bits per heavy atom. The molecule has 0 bridgehead atoms. The number of carbonyl (C=O) groups is 2. The number of sulfonamides is 1. The molecule has 0 heterocycles. The van der Waals surface area contributed by atoms with Crippen molar-refractivity contribution in [2.75, 3.05) is 17.4 Å². The third-order valence-corrected chi connectivity index (χ3v) is 9.25. The fourth-order valence-electron chi connectivity index (χ4n) is 5.05. The smallest absolute Gasteiger partial charge is 0.264 e. The molecule has 236 valence electrons. The fourth-order valence-corrected chi connectivity index (χ4v) is 6.52. The van der Waals surface area contributed by atoms with Gasteiger partial charge in [-0.15, -0.1) is 0 Å². The zero-order valence-corrected chi connectivity index (χ0v) is 26.7. The molecule has 1 atom stereocenters. The number of nitrogens with one attached hydrogen (secondary N) is 1. The van der Waals surface area contributed by atoms with Crippen LogP contribution in [-0.2, 0) is 39.0 Å². The quantitative estimate of drug-likeness (QED) is 0.186. The lowest BCUT2D eigenvalue weighted by Gasteiger charge is -2.34. The first kappa shape index (κ1) is 33.4. The second-order valence-corrected chi connectivity index (χ2v) is 13.2. The van der Waals surface area contributed by atoms with Crippen molar-refractivity contribution in [3.8, 4) is 0 Å². The maximum atomic E-state index is 14.5. The molecule has 9 heteroatoms. The summed E-state index contributed by atoms with van der Waals surface area (Å²) < 4.78 is 43.3. The molecule has 0 unspecified atom stereocenters. The van der Waals surface area contributed by atoms with Gasteiger partial charge in [0.15, 0.2) is 0 Å². The number of hydrogen-bond acceptors (Lipinski definition) is 4. The number of amides is 2. The minimum absolute atomic E-state index is 0.0274. The van der Waals surface area contributed by atoms with Crippen LogP contribution in [0, 0.1) is 11.7 Å². The molecule has 0 aliphatic heterocycles. The molecule has 0 saturated carbocycles. The molecule has 0 radical (unpaired) electrons. The third-order valence-electron chi connectivity index (χ3n) is 7.47. The van der Waals surface area contributed by atoms with Crippen LogP contribution in [0.5, 0.6) is 0 Å². The molecule has 2 amide bonds.